The fourth-order valence-electron chi connectivity index (χ4n) is 1.58. The van der Waals surface area contributed by atoms with Crippen LogP contribution in [0, 0.1) is 6.92 Å². The first kappa shape index (κ1) is 12.2. The predicted molar refractivity (Wildman–Crippen MR) is 67.0 cm³/mol. The van der Waals surface area contributed by atoms with Crippen molar-refractivity contribution < 1.29 is 4.79 Å². The van der Waals surface area contributed by atoms with Crippen LogP contribution >= 0.6 is 0 Å². The molecule has 0 spiro atoms. The van der Waals surface area contributed by atoms with Crippen molar-refractivity contribution in [1.29, 1.82) is 0 Å². The molecule has 0 aliphatic rings. The number of nitrogens with zero attached hydrogens (tertiary/aromatic N) is 5. The molecule has 0 saturated heterocycles. The molecule has 0 aliphatic carbocycles. The van der Waals surface area contributed by atoms with Gasteiger partial charge in [0, 0.05) is 19.8 Å². The minimum Gasteiger partial charge on any atom is -0.396 e. The van der Waals surface area contributed by atoms with Gasteiger partial charge in [-0.25, -0.2) is 9.36 Å². The van der Waals surface area contributed by atoms with E-state index < -0.39 is 0 Å². The Labute approximate surface area is 105 Å². The summed E-state index contributed by atoms with van der Waals surface area (Å²) in [7, 11) is 3.40. The van der Waals surface area contributed by atoms with Crippen LogP contribution in [0.15, 0.2) is 18.5 Å². The molecule has 0 unspecified atom stereocenters. The van der Waals surface area contributed by atoms with Gasteiger partial charge in [0.05, 0.1) is 18.1 Å². The standard InChI is InChI=1S/C11H16N6O/c1-8-4-10(11(18)15(2)3)14-17(8)7-16-6-9(12)5-13-16/h4-6H,7,12H2,1-3H3. The smallest absolute Gasteiger partial charge is 0.273 e. The molecule has 0 bridgehead atoms. The Morgan fingerprint density at radius 1 is 1.50 bits per heavy atom. The molecule has 7 nitrogen and oxygen atoms in total. The van der Waals surface area contributed by atoms with E-state index in [4.69, 9.17) is 5.73 Å². The van der Waals surface area contributed by atoms with E-state index in [1.165, 1.54) is 4.90 Å². The molecule has 0 radical (unpaired) electrons. The van der Waals surface area contributed by atoms with Crippen molar-refractivity contribution in [3.8, 4) is 0 Å². The van der Waals surface area contributed by atoms with Gasteiger partial charge >= 0.3 is 0 Å². The normalized spacial score (nSPS) is 10.6. The zero-order chi connectivity index (χ0) is 13.3. The number of carbonyl (C=O) groups excluding carboxylic acids is 1. The average Bonchev–Trinajstić information content (AvgIpc) is 2.86. The first-order chi connectivity index (χ1) is 8.47. The number of hydrogen-bond acceptors (Lipinski definition) is 4. The topological polar surface area (TPSA) is 82.0 Å². The molecule has 2 heterocycles. The maximum Gasteiger partial charge on any atom is 0.273 e. The lowest BCUT2D eigenvalue weighted by atomic mass is 10.3. The first-order valence-electron chi connectivity index (χ1n) is 5.51. The lowest BCUT2D eigenvalue weighted by molar-refractivity contribution is 0.0821. The molecule has 0 saturated carbocycles. The Morgan fingerprint density at radius 2 is 2.22 bits per heavy atom. The van der Waals surface area contributed by atoms with Crippen LogP contribution in [-0.2, 0) is 6.67 Å². The van der Waals surface area contributed by atoms with E-state index in [0.29, 0.717) is 18.1 Å². The Kier molecular flexibility index (Phi) is 3.05. The van der Waals surface area contributed by atoms with Crippen LogP contribution in [0.4, 0.5) is 5.69 Å². The summed E-state index contributed by atoms with van der Waals surface area (Å²) < 4.78 is 3.38. The Bertz CT molecular complexity index is 568. The molecule has 2 N–H and O–H groups in total. The van der Waals surface area contributed by atoms with E-state index in [1.54, 1.807) is 41.9 Å². The number of rotatable bonds is 3. The minimum absolute atomic E-state index is 0.114. The van der Waals surface area contributed by atoms with Crippen molar-refractivity contribution in [3.05, 3.63) is 29.8 Å². The summed E-state index contributed by atoms with van der Waals surface area (Å²) in [6.45, 7) is 2.33. The number of amides is 1. The molecule has 0 atom stereocenters. The second-order valence-corrected chi connectivity index (χ2v) is 4.32. The summed E-state index contributed by atoms with van der Waals surface area (Å²) in [4.78, 5) is 13.3. The zero-order valence-electron chi connectivity index (χ0n) is 10.7. The Balaban J connectivity index is 2.22. The molecule has 2 rings (SSSR count). The van der Waals surface area contributed by atoms with Gasteiger partial charge < -0.3 is 10.6 Å². The maximum atomic E-state index is 11.8. The third-order valence-corrected chi connectivity index (χ3v) is 2.54. The van der Waals surface area contributed by atoms with E-state index >= 15 is 0 Å². The van der Waals surface area contributed by atoms with Crippen LogP contribution in [0.2, 0.25) is 0 Å². The largest absolute Gasteiger partial charge is 0.396 e. The number of nitrogen functional groups attached to an aromatic ring is 1. The highest BCUT2D eigenvalue weighted by molar-refractivity contribution is 5.91. The highest BCUT2D eigenvalue weighted by Crippen LogP contribution is 2.06. The molecule has 0 aromatic carbocycles. The minimum atomic E-state index is -0.114. The molecule has 0 aliphatic heterocycles. The van der Waals surface area contributed by atoms with Crippen molar-refractivity contribution in [2.75, 3.05) is 19.8 Å². The van der Waals surface area contributed by atoms with Crippen molar-refractivity contribution in [1.82, 2.24) is 24.5 Å². The first-order valence-corrected chi connectivity index (χ1v) is 5.51. The van der Waals surface area contributed by atoms with E-state index in [2.05, 4.69) is 10.2 Å². The Hall–Kier alpha value is -2.31. The van der Waals surface area contributed by atoms with Gasteiger partial charge in [-0.3, -0.25) is 4.79 Å². The molecule has 1 amide bonds. The van der Waals surface area contributed by atoms with Gasteiger partial charge in [0.15, 0.2) is 5.69 Å². The second kappa shape index (κ2) is 4.52. The quantitative estimate of drug-likeness (QED) is 0.840. The molecule has 18 heavy (non-hydrogen) atoms. The van der Waals surface area contributed by atoms with Crippen LogP contribution in [0.1, 0.15) is 16.2 Å². The molecule has 0 fully saturated rings. The lowest BCUT2D eigenvalue weighted by Gasteiger charge is -2.07. The summed E-state index contributed by atoms with van der Waals surface area (Å²) >= 11 is 0. The van der Waals surface area contributed by atoms with E-state index in [-0.39, 0.29) is 5.91 Å². The van der Waals surface area contributed by atoms with Gasteiger partial charge in [0.25, 0.3) is 5.91 Å². The monoisotopic (exact) mass is 248 g/mol. The summed E-state index contributed by atoms with van der Waals surface area (Å²) in [5.74, 6) is -0.114. The van der Waals surface area contributed by atoms with Crippen molar-refractivity contribution in [2.24, 2.45) is 0 Å². The average molecular weight is 248 g/mol. The molecule has 2 aromatic heterocycles. The third-order valence-electron chi connectivity index (χ3n) is 2.54. The van der Waals surface area contributed by atoms with Gasteiger partial charge in [-0.2, -0.15) is 10.2 Å². The fourth-order valence-corrected chi connectivity index (χ4v) is 1.58. The van der Waals surface area contributed by atoms with Crippen molar-refractivity contribution >= 4 is 11.6 Å². The van der Waals surface area contributed by atoms with Crippen molar-refractivity contribution in [2.45, 2.75) is 13.6 Å². The number of anilines is 1. The van der Waals surface area contributed by atoms with Crippen molar-refractivity contribution in [3.63, 3.8) is 0 Å². The SMILES string of the molecule is Cc1cc(C(=O)N(C)C)nn1Cn1cc(N)cn1. The van der Waals surface area contributed by atoms with Gasteiger partial charge in [-0.05, 0) is 13.0 Å². The highest BCUT2D eigenvalue weighted by atomic mass is 16.2. The van der Waals surface area contributed by atoms with Gasteiger partial charge in [0.2, 0.25) is 0 Å². The highest BCUT2D eigenvalue weighted by Gasteiger charge is 2.14. The van der Waals surface area contributed by atoms with Crippen LogP contribution in [0.5, 0.6) is 0 Å². The number of carbonyl (C=O) groups is 1. The summed E-state index contributed by atoms with van der Waals surface area (Å²) in [6, 6.07) is 1.76. The number of aromatic nitrogens is 4. The van der Waals surface area contributed by atoms with E-state index in [0.717, 1.165) is 5.69 Å². The molecular formula is C11H16N6O. The van der Waals surface area contributed by atoms with Gasteiger partial charge in [-0.1, -0.05) is 0 Å². The number of aryl methyl sites for hydroxylation is 1. The van der Waals surface area contributed by atoms with Gasteiger partial charge in [0.1, 0.15) is 6.67 Å². The summed E-state index contributed by atoms with van der Waals surface area (Å²) in [5.41, 5.74) is 7.52. The number of nitrogens with two attached hydrogens (primary N) is 1. The van der Waals surface area contributed by atoms with Gasteiger partial charge in [-0.15, -0.1) is 0 Å². The predicted octanol–water partition coefficient (Wildman–Crippen LogP) is 0.178. The maximum absolute atomic E-state index is 11.8. The zero-order valence-corrected chi connectivity index (χ0v) is 10.7. The summed E-state index contributed by atoms with van der Waals surface area (Å²) in [5, 5.41) is 8.34. The van der Waals surface area contributed by atoms with Crippen LogP contribution in [0.3, 0.4) is 0 Å². The second-order valence-electron chi connectivity index (χ2n) is 4.32. The summed E-state index contributed by atoms with van der Waals surface area (Å²) in [6.07, 6.45) is 3.29. The molecule has 96 valence electrons. The Morgan fingerprint density at radius 3 is 2.78 bits per heavy atom. The van der Waals surface area contributed by atoms with Crippen LogP contribution in [0.25, 0.3) is 0 Å². The van der Waals surface area contributed by atoms with Crippen LogP contribution < -0.4 is 5.73 Å². The van der Waals surface area contributed by atoms with E-state index in [1.807, 2.05) is 6.92 Å². The molecule has 2 aromatic rings. The lowest BCUT2D eigenvalue weighted by Crippen LogP contribution is -2.22. The van der Waals surface area contributed by atoms with E-state index in [9.17, 15) is 4.79 Å². The third kappa shape index (κ3) is 2.34. The van der Waals surface area contributed by atoms with Crippen LogP contribution in [-0.4, -0.2) is 44.5 Å². The fraction of sp³-hybridized carbons (Fsp3) is 0.364. The molecular weight excluding hydrogens is 232 g/mol. The number of hydrogen-bond donors (Lipinski definition) is 1. The molecule has 7 heteroatoms.